The molecule has 2 fully saturated rings. The number of ether oxygens (including phenoxy) is 1. The van der Waals surface area contributed by atoms with Crippen LogP contribution in [0, 0.1) is 0 Å². The second-order valence-electron chi connectivity index (χ2n) is 8.47. The van der Waals surface area contributed by atoms with Gasteiger partial charge in [-0.1, -0.05) is 31.0 Å². The molecule has 1 saturated heterocycles. The number of para-hydroxylation sites is 1. The van der Waals surface area contributed by atoms with Crippen molar-refractivity contribution >= 4 is 29.9 Å². The van der Waals surface area contributed by atoms with E-state index >= 15 is 0 Å². The summed E-state index contributed by atoms with van der Waals surface area (Å²) >= 11 is 0. The molecule has 0 bridgehead atoms. The van der Waals surface area contributed by atoms with E-state index in [1.54, 1.807) is 7.11 Å². The average Bonchev–Trinajstić information content (AvgIpc) is 3.50. The molecule has 1 aromatic heterocycles. The Balaban J connectivity index is 0.00000256. The van der Waals surface area contributed by atoms with E-state index in [2.05, 4.69) is 50.8 Å². The van der Waals surface area contributed by atoms with Crippen LogP contribution in [0.2, 0.25) is 0 Å². The first kappa shape index (κ1) is 22.9. The zero-order valence-electron chi connectivity index (χ0n) is 18.3. The topological polar surface area (TPSA) is 54.7 Å². The average molecular weight is 523 g/mol. The van der Waals surface area contributed by atoms with Gasteiger partial charge < -0.3 is 15.0 Å². The minimum absolute atomic E-state index is 0. The van der Waals surface area contributed by atoms with Crippen molar-refractivity contribution in [3.63, 3.8) is 0 Å². The lowest BCUT2D eigenvalue weighted by molar-refractivity contribution is 0.367. The van der Waals surface area contributed by atoms with Crippen molar-refractivity contribution in [2.24, 2.45) is 12.0 Å². The molecule has 1 atom stereocenters. The van der Waals surface area contributed by atoms with E-state index in [1.165, 1.54) is 36.8 Å². The van der Waals surface area contributed by atoms with Gasteiger partial charge in [0, 0.05) is 56.8 Å². The van der Waals surface area contributed by atoms with Gasteiger partial charge in [-0.3, -0.25) is 9.67 Å². The molecule has 6 nitrogen and oxygen atoms in total. The summed E-state index contributed by atoms with van der Waals surface area (Å²) in [6, 6.07) is 8.51. The highest BCUT2D eigenvalue weighted by Crippen LogP contribution is 2.44. The van der Waals surface area contributed by atoms with Crippen LogP contribution in [-0.4, -0.2) is 54.4 Å². The maximum atomic E-state index is 5.70. The molecule has 1 unspecified atom stereocenters. The Labute approximate surface area is 197 Å². The number of benzene rings is 1. The maximum absolute atomic E-state index is 5.70. The molecule has 1 aliphatic heterocycles. The quantitative estimate of drug-likeness (QED) is 0.367. The fourth-order valence-electron chi connectivity index (χ4n) is 5.13. The Morgan fingerprint density at radius 1 is 1.30 bits per heavy atom. The third-order valence-corrected chi connectivity index (χ3v) is 6.72. The summed E-state index contributed by atoms with van der Waals surface area (Å²) in [5.41, 5.74) is 2.77. The van der Waals surface area contributed by atoms with Gasteiger partial charge in [-0.25, -0.2) is 0 Å². The number of likely N-dealkylation sites (tertiary alicyclic amines) is 1. The van der Waals surface area contributed by atoms with E-state index < -0.39 is 0 Å². The lowest BCUT2D eigenvalue weighted by atomic mass is 9.78. The summed E-state index contributed by atoms with van der Waals surface area (Å²) in [4.78, 5) is 7.00. The molecule has 2 aliphatic rings. The minimum Gasteiger partial charge on any atom is -0.496 e. The van der Waals surface area contributed by atoms with E-state index in [0.29, 0.717) is 5.92 Å². The van der Waals surface area contributed by atoms with E-state index in [0.717, 1.165) is 37.8 Å². The normalized spacial score (nSPS) is 20.8. The van der Waals surface area contributed by atoms with E-state index in [9.17, 15) is 0 Å². The summed E-state index contributed by atoms with van der Waals surface area (Å²) in [5.74, 6) is 2.54. The monoisotopic (exact) mass is 523 g/mol. The van der Waals surface area contributed by atoms with Gasteiger partial charge in [0.15, 0.2) is 5.96 Å². The molecular formula is C23H34IN5O. The number of aliphatic imine (C=N–C) groups is 1. The number of methoxy groups -OCH3 is 1. The van der Waals surface area contributed by atoms with E-state index in [-0.39, 0.29) is 29.4 Å². The van der Waals surface area contributed by atoms with Crippen molar-refractivity contribution < 1.29 is 4.74 Å². The molecule has 7 heteroatoms. The second-order valence-corrected chi connectivity index (χ2v) is 8.47. The predicted octanol–water partition coefficient (Wildman–Crippen LogP) is 3.92. The number of guanidine groups is 1. The largest absolute Gasteiger partial charge is 0.496 e. The van der Waals surface area contributed by atoms with Gasteiger partial charge in [-0.2, -0.15) is 5.10 Å². The zero-order chi connectivity index (χ0) is 20.3. The van der Waals surface area contributed by atoms with Crippen LogP contribution in [0.15, 0.2) is 41.7 Å². The first-order valence-electron chi connectivity index (χ1n) is 10.7. The number of nitrogens with zero attached hydrogens (tertiary/aromatic N) is 4. The van der Waals surface area contributed by atoms with Gasteiger partial charge in [-0.05, 0) is 30.9 Å². The van der Waals surface area contributed by atoms with E-state index in [1.807, 2.05) is 25.0 Å². The highest BCUT2D eigenvalue weighted by Gasteiger charge is 2.38. The third-order valence-electron chi connectivity index (χ3n) is 6.72. The van der Waals surface area contributed by atoms with Crippen LogP contribution in [-0.2, 0) is 12.5 Å². The summed E-state index contributed by atoms with van der Waals surface area (Å²) < 4.78 is 7.60. The molecule has 30 heavy (non-hydrogen) atoms. The molecule has 4 rings (SSSR count). The fourth-order valence-corrected chi connectivity index (χ4v) is 5.13. The maximum Gasteiger partial charge on any atom is 0.193 e. The Morgan fingerprint density at radius 3 is 2.73 bits per heavy atom. The smallest absolute Gasteiger partial charge is 0.193 e. The van der Waals surface area contributed by atoms with Gasteiger partial charge in [0.05, 0.1) is 13.3 Å². The number of halogens is 1. The molecule has 2 heterocycles. The molecule has 0 spiro atoms. The Morgan fingerprint density at radius 2 is 2.07 bits per heavy atom. The van der Waals surface area contributed by atoms with Gasteiger partial charge >= 0.3 is 0 Å². The molecule has 164 valence electrons. The molecule has 1 N–H and O–H groups in total. The standard InChI is InChI=1S/C23H33N5O.HI/c1-24-22(28-13-10-18(16-28)19-14-26-27(2)15-19)25-17-23(11-6-7-12-23)20-8-4-5-9-21(20)29-3;/h4-5,8-9,14-15,18H,6-7,10-13,16-17H2,1-3H3,(H,24,25);1H. The number of aryl methyl sites for hydroxylation is 1. The summed E-state index contributed by atoms with van der Waals surface area (Å²) in [6.07, 6.45) is 10.2. The van der Waals surface area contributed by atoms with Crippen molar-refractivity contribution in [1.82, 2.24) is 20.0 Å². The van der Waals surface area contributed by atoms with Crippen LogP contribution in [0.4, 0.5) is 0 Å². The summed E-state index contributed by atoms with van der Waals surface area (Å²) in [6.45, 7) is 2.92. The Bertz CT molecular complexity index is 859. The van der Waals surface area contributed by atoms with Crippen LogP contribution < -0.4 is 10.1 Å². The molecule has 2 aromatic rings. The molecule has 1 aliphatic carbocycles. The van der Waals surface area contributed by atoms with Crippen LogP contribution in [0.1, 0.15) is 49.1 Å². The lowest BCUT2D eigenvalue weighted by Gasteiger charge is -2.33. The Hall–Kier alpha value is -1.77. The zero-order valence-corrected chi connectivity index (χ0v) is 20.6. The van der Waals surface area contributed by atoms with Crippen molar-refractivity contribution in [2.45, 2.75) is 43.4 Å². The number of hydrogen-bond donors (Lipinski definition) is 1. The predicted molar refractivity (Wildman–Crippen MR) is 132 cm³/mol. The molecule has 1 aromatic carbocycles. The fraction of sp³-hybridized carbons (Fsp3) is 0.565. The summed E-state index contributed by atoms with van der Waals surface area (Å²) in [7, 11) is 5.65. The SMILES string of the molecule is CN=C(NCC1(c2ccccc2OC)CCCC1)N1CCC(c2cnn(C)c2)C1.I. The van der Waals surface area contributed by atoms with Crippen molar-refractivity contribution in [2.75, 3.05) is 33.8 Å². The van der Waals surface area contributed by atoms with Gasteiger partial charge in [0.25, 0.3) is 0 Å². The van der Waals surface area contributed by atoms with Crippen LogP contribution in [0.5, 0.6) is 5.75 Å². The number of aromatic nitrogens is 2. The molecule has 0 radical (unpaired) electrons. The van der Waals surface area contributed by atoms with Crippen molar-refractivity contribution in [1.29, 1.82) is 0 Å². The third kappa shape index (κ3) is 4.60. The summed E-state index contributed by atoms with van der Waals surface area (Å²) in [5, 5.41) is 8.06. The second kappa shape index (κ2) is 10.0. The van der Waals surface area contributed by atoms with Gasteiger partial charge in [0.2, 0.25) is 0 Å². The number of hydrogen-bond acceptors (Lipinski definition) is 3. The van der Waals surface area contributed by atoms with Crippen molar-refractivity contribution in [3.05, 3.63) is 47.8 Å². The highest BCUT2D eigenvalue weighted by atomic mass is 127. The Kier molecular flexibility index (Phi) is 7.65. The first-order valence-corrected chi connectivity index (χ1v) is 10.7. The molecule has 0 amide bonds. The molecular weight excluding hydrogens is 489 g/mol. The minimum atomic E-state index is 0. The number of nitrogens with one attached hydrogen (secondary N) is 1. The van der Waals surface area contributed by atoms with Crippen LogP contribution >= 0.6 is 24.0 Å². The van der Waals surface area contributed by atoms with Gasteiger partial charge in [0.1, 0.15) is 5.75 Å². The first-order chi connectivity index (χ1) is 14.1. The lowest BCUT2D eigenvalue weighted by Crippen LogP contribution is -2.46. The van der Waals surface area contributed by atoms with Crippen LogP contribution in [0.25, 0.3) is 0 Å². The molecule has 1 saturated carbocycles. The van der Waals surface area contributed by atoms with Crippen molar-refractivity contribution in [3.8, 4) is 5.75 Å². The van der Waals surface area contributed by atoms with Gasteiger partial charge in [-0.15, -0.1) is 24.0 Å². The van der Waals surface area contributed by atoms with E-state index in [4.69, 9.17) is 4.74 Å². The number of rotatable bonds is 5. The highest BCUT2D eigenvalue weighted by molar-refractivity contribution is 14.0. The van der Waals surface area contributed by atoms with Crippen LogP contribution in [0.3, 0.4) is 0 Å².